The Balaban J connectivity index is 2.03. The zero-order valence-electron chi connectivity index (χ0n) is 17.8. The molecule has 1 N–H and O–H groups in total. The highest BCUT2D eigenvalue weighted by molar-refractivity contribution is 7.75. The summed E-state index contributed by atoms with van der Waals surface area (Å²) >= 11 is 4.15. The molecular formula is C23H30N4OS. The lowest BCUT2D eigenvalue weighted by molar-refractivity contribution is 0.165. The summed E-state index contributed by atoms with van der Waals surface area (Å²) < 4.78 is 5.52. The van der Waals surface area contributed by atoms with Crippen LogP contribution in [0.3, 0.4) is 0 Å². The van der Waals surface area contributed by atoms with Crippen LogP contribution in [0.25, 0.3) is 10.9 Å². The van der Waals surface area contributed by atoms with E-state index in [1.165, 1.54) is 0 Å². The number of hydrogen-bond acceptors (Lipinski definition) is 6. The maximum absolute atomic E-state index is 5.52. The van der Waals surface area contributed by atoms with Gasteiger partial charge in [0.1, 0.15) is 17.9 Å². The molecule has 3 rings (SSSR count). The van der Waals surface area contributed by atoms with Crippen molar-refractivity contribution in [3.05, 3.63) is 53.9 Å². The zero-order valence-corrected chi connectivity index (χ0v) is 18.7. The van der Waals surface area contributed by atoms with E-state index in [1.54, 1.807) is 6.33 Å². The number of nitrogens with zero attached hydrogens (tertiary/aromatic N) is 3. The molecule has 0 atom stereocenters. The molecule has 1 aromatic heterocycles. The van der Waals surface area contributed by atoms with Gasteiger partial charge in [0.15, 0.2) is 0 Å². The summed E-state index contributed by atoms with van der Waals surface area (Å²) in [5, 5.41) is 4.49. The molecule has 154 valence electrons. The molecule has 6 heteroatoms. The molecule has 0 bridgehead atoms. The topological polar surface area (TPSA) is 50.3 Å². The summed E-state index contributed by atoms with van der Waals surface area (Å²) in [6.07, 6.45) is 2.45. The Kier molecular flexibility index (Phi) is 6.98. The van der Waals surface area contributed by atoms with Gasteiger partial charge >= 0.3 is 0 Å². The predicted octanol–water partition coefficient (Wildman–Crippen LogP) is 5.78. The maximum atomic E-state index is 5.52. The maximum Gasteiger partial charge on any atom is 0.144 e. The van der Waals surface area contributed by atoms with Gasteiger partial charge in [0.2, 0.25) is 0 Å². The predicted molar refractivity (Wildman–Crippen MR) is 124 cm³/mol. The molecule has 29 heavy (non-hydrogen) atoms. The third kappa shape index (κ3) is 4.82. The van der Waals surface area contributed by atoms with Crippen LogP contribution < -0.4 is 9.50 Å². The summed E-state index contributed by atoms with van der Waals surface area (Å²) in [5.41, 5.74) is 4.14. The molecular weight excluding hydrogens is 380 g/mol. The van der Waals surface area contributed by atoms with E-state index < -0.39 is 0 Å². The Hall–Kier alpha value is -2.31. The van der Waals surface area contributed by atoms with E-state index >= 15 is 0 Å². The van der Waals surface area contributed by atoms with Crippen molar-refractivity contribution >= 4 is 35.3 Å². The molecule has 2 aromatic carbocycles. The number of nitrogens with one attached hydrogen (secondary N) is 1. The molecule has 0 saturated carbocycles. The fourth-order valence-electron chi connectivity index (χ4n) is 3.72. The van der Waals surface area contributed by atoms with E-state index in [1.807, 2.05) is 24.3 Å². The van der Waals surface area contributed by atoms with Gasteiger partial charge in [-0.25, -0.2) is 9.97 Å². The van der Waals surface area contributed by atoms with Crippen LogP contribution in [0.15, 0.2) is 42.7 Å². The largest absolute Gasteiger partial charge is 0.428 e. The number of rotatable bonds is 8. The quantitative estimate of drug-likeness (QED) is 0.364. The second-order valence-electron chi connectivity index (χ2n) is 7.79. The van der Waals surface area contributed by atoms with Crippen LogP contribution >= 0.6 is 12.9 Å². The standard InChI is InChI=1S/C23H30N4OS/c1-6-17-11-19(26-23-20-9-7-8-10-21(20)24-14-25-23)12-18(22(17)28-29)13-27(15(2)3)16(4)5/h7-12,14-16,29H,6,13H2,1-5H3,(H,24,25,26). The number of thiol groups is 1. The second kappa shape index (κ2) is 9.46. The normalized spacial score (nSPS) is 11.6. The number of anilines is 2. The molecule has 0 aliphatic heterocycles. The lowest BCUT2D eigenvalue weighted by atomic mass is 10.0. The number of aryl methyl sites for hydroxylation is 1. The van der Waals surface area contributed by atoms with Gasteiger partial charge < -0.3 is 9.50 Å². The number of fused-ring (bicyclic) bond motifs is 1. The van der Waals surface area contributed by atoms with Crippen LogP contribution in [0, 0.1) is 0 Å². The first-order valence-corrected chi connectivity index (χ1v) is 10.5. The molecule has 3 aromatic rings. The second-order valence-corrected chi connectivity index (χ2v) is 7.98. The van der Waals surface area contributed by atoms with Gasteiger partial charge in [-0.3, -0.25) is 4.90 Å². The van der Waals surface area contributed by atoms with Crippen molar-refractivity contribution in [3.8, 4) is 5.75 Å². The Morgan fingerprint density at radius 3 is 2.38 bits per heavy atom. The van der Waals surface area contributed by atoms with Crippen molar-refractivity contribution < 1.29 is 4.18 Å². The summed E-state index contributed by atoms with van der Waals surface area (Å²) in [6.45, 7) is 11.8. The number of hydrogen-bond donors (Lipinski definition) is 2. The third-order valence-corrected chi connectivity index (χ3v) is 5.38. The van der Waals surface area contributed by atoms with E-state index in [2.05, 4.69) is 79.8 Å². The molecule has 0 saturated heterocycles. The molecule has 0 aliphatic carbocycles. The molecule has 0 unspecified atom stereocenters. The van der Waals surface area contributed by atoms with Crippen LogP contribution in [0.5, 0.6) is 5.75 Å². The van der Waals surface area contributed by atoms with Crippen LogP contribution in [0.4, 0.5) is 11.5 Å². The molecule has 0 amide bonds. The Morgan fingerprint density at radius 2 is 1.72 bits per heavy atom. The van der Waals surface area contributed by atoms with Crippen LogP contribution in [0.2, 0.25) is 0 Å². The van der Waals surface area contributed by atoms with Crippen molar-refractivity contribution in [2.75, 3.05) is 5.32 Å². The van der Waals surface area contributed by atoms with Gasteiger partial charge in [0.05, 0.1) is 5.52 Å². The van der Waals surface area contributed by atoms with Crippen molar-refractivity contribution in [2.45, 2.75) is 59.7 Å². The number of benzene rings is 2. The monoisotopic (exact) mass is 410 g/mol. The van der Waals surface area contributed by atoms with Crippen molar-refractivity contribution in [1.29, 1.82) is 0 Å². The SMILES string of the molecule is CCc1cc(Nc2ncnc3ccccc23)cc(CN(C(C)C)C(C)C)c1OS. The third-order valence-electron chi connectivity index (χ3n) is 5.20. The minimum absolute atomic E-state index is 0.426. The summed E-state index contributed by atoms with van der Waals surface area (Å²) in [7, 11) is 0. The summed E-state index contributed by atoms with van der Waals surface area (Å²) in [4.78, 5) is 11.3. The highest BCUT2D eigenvalue weighted by Gasteiger charge is 2.19. The molecule has 1 heterocycles. The van der Waals surface area contributed by atoms with Gasteiger partial charge in [-0.15, -0.1) is 0 Å². The van der Waals surface area contributed by atoms with E-state index in [9.17, 15) is 0 Å². The first kappa shape index (κ1) is 21.4. The van der Waals surface area contributed by atoms with Crippen molar-refractivity contribution in [2.24, 2.45) is 0 Å². The van der Waals surface area contributed by atoms with Crippen molar-refractivity contribution in [3.63, 3.8) is 0 Å². The molecule has 5 nitrogen and oxygen atoms in total. The Labute approximate surface area is 179 Å². The molecule has 0 spiro atoms. The van der Waals surface area contributed by atoms with E-state index in [-0.39, 0.29) is 0 Å². The summed E-state index contributed by atoms with van der Waals surface area (Å²) in [6, 6.07) is 13.1. The molecule has 0 aliphatic rings. The van der Waals surface area contributed by atoms with Crippen molar-refractivity contribution in [1.82, 2.24) is 14.9 Å². The van der Waals surface area contributed by atoms with Gasteiger partial charge in [0, 0.05) is 48.2 Å². The lowest BCUT2D eigenvalue weighted by Crippen LogP contribution is -2.36. The number of para-hydroxylation sites is 1. The number of aromatic nitrogens is 2. The lowest BCUT2D eigenvalue weighted by Gasteiger charge is -2.31. The van der Waals surface area contributed by atoms with Gasteiger partial charge in [-0.05, 0) is 63.9 Å². The average Bonchev–Trinajstić information content (AvgIpc) is 2.71. The van der Waals surface area contributed by atoms with Gasteiger partial charge in [0.25, 0.3) is 0 Å². The average molecular weight is 411 g/mol. The van der Waals surface area contributed by atoms with Gasteiger partial charge in [-0.2, -0.15) is 0 Å². The highest BCUT2D eigenvalue weighted by Crippen LogP contribution is 2.33. The van der Waals surface area contributed by atoms with Crippen LogP contribution in [-0.2, 0) is 13.0 Å². The smallest absolute Gasteiger partial charge is 0.144 e. The fraction of sp³-hybridized carbons (Fsp3) is 0.391. The zero-order chi connectivity index (χ0) is 21.0. The van der Waals surface area contributed by atoms with E-state index in [0.29, 0.717) is 12.1 Å². The minimum atomic E-state index is 0.426. The highest BCUT2D eigenvalue weighted by atomic mass is 32.1. The first-order valence-electron chi connectivity index (χ1n) is 10.1. The molecule has 0 fully saturated rings. The van der Waals surface area contributed by atoms with E-state index in [0.717, 1.165) is 52.3 Å². The Bertz CT molecular complexity index is 961. The Morgan fingerprint density at radius 1 is 1.03 bits per heavy atom. The molecule has 0 radical (unpaired) electrons. The van der Waals surface area contributed by atoms with Gasteiger partial charge in [-0.1, -0.05) is 19.1 Å². The summed E-state index contributed by atoms with van der Waals surface area (Å²) in [5.74, 6) is 1.65. The minimum Gasteiger partial charge on any atom is -0.428 e. The fourth-order valence-corrected chi connectivity index (χ4v) is 3.96. The van der Waals surface area contributed by atoms with Crippen LogP contribution in [-0.4, -0.2) is 27.0 Å². The first-order chi connectivity index (χ1) is 13.9. The van der Waals surface area contributed by atoms with E-state index in [4.69, 9.17) is 4.18 Å². The van der Waals surface area contributed by atoms with Crippen LogP contribution in [0.1, 0.15) is 45.7 Å².